The number of benzene rings is 1. The average Bonchev–Trinajstić information content (AvgIpc) is 2.91. The Kier molecular flexibility index (Phi) is 2.53. The number of hydrogen-bond acceptors (Lipinski definition) is 4. The van der Waals surface area contributed by atoms with E-state index in [0.717, 1.165) is 22.5 Å². The van der Waals surface area contributed by atoms with Crippen LogP contribution in [0.2, 0.25) is 0 Å². The molecule has 0 atom stereocenters. The Morgan fingerprint density at radius 3 is 2.82 bits per heavy atom. The number of nitrogens with zero attached hydrogens (tertiary/aromatic N) is 3. The molecule has 0 saturated carbocycles. The van der Waals surface area contributed by atoms with Crippen LogP contribution in [-0.4, -0.2) is 24.7 Å². The van der Waals surface area contributed by atoms with Gasteiger partial charge < -0.3 is 10.1 Å². The maximum absolute atomic E-state index is 11.4. The summed E-state index contributed by atoms with van der Waals surface area (Å²) in [4.78, 5) is 18.6. The highest BCUT2D eigenvalue weighted by Gasteiger charge is 2.11. The van der Waals surface area contributed by atoms with Crippen molar-refractivity contribution in [3.05, 3.63) is 58.4 Å². The predicted molar refractivity (Wildman–Crippen MR) is 83.0 cm³/mol. The lowest BCUT2D eigenvalue weighted by atomic mass is 10.1. The van der Waals surface area contributed by atoms with E-state index in [0.29, 0.717) is 17.0 Å². The van der Waals surface area contributed by atoms with E-state index in [-0.39, 0.29) is 11.4 Å². The number of para-hydroxylation sites is 1. The number of fused-ring (bicyclic) bond motifs is 2. The van der Waals surface area contributed by atoms with Crippen LogP contribution in [0.1, 0.15) is 5.56 Å². The van der Waals surface area contributed by atoms with Gasteiger partial charge in [0.05, 0.1) is 17.3 Å². The average molecular weight is 292 g/mol. The van der Waals surface area contributed by atoms with Crippen molar-refractivity contribution in [3.8, 4) is 17.3 Å². The summed E-state index contributed by atoms with van der Waals surface area (Å²) in [6.07, 6.45) is 0. The molecule has 0 aliphatic heterocycles. The van der Waals surface area contributed by atoms with Crippen LogP contribution in [0.25, 0.3) is 27.9 Å². The molecule has 0 aliphatic rings. The van der Waals surface area contributed by atoms with Gasteiger partial charge in [-0.1, -0.05) is 18.2 Å². The van der Waals surface area contributed by atoms with E-state index >= 15 is 0 Å². The summed E-state index contributed by atoms with van der Waals surface area (Å²) >= 11 is 0. The maximum atomic E-state index is 11.4. The van der Waals surface area contributed by atoms with Crippen LogP contribution in [0, 0.1) is 6.92 Å². The van der Waals surface area contributed by atoms with Crippen LogP contribution in [0.3, 0.4) is 0 Å². The molecule has 0 unspecified atom stereocenters. The Bertz CT molecular complexity index is 1080. The van der Waals surface area contributed by atoms with Crippen molar-refractivity contribution in [2.45, 2.75) is 6.92 Å². The molecular formula is C16H12N4O2. The Balaban J connectivity index is 1.99. The zero-order valence-corrected chi connectivity index (χ0v) is 11.7. The zero-order valence-electron chi connectivity index (χ0n) is 11.7. The molecule has 3 heterocycles. The van der Waals surface area contributed by atoms with Gasteiger partial charge in [0.25, 0.3) is 5.56 Å². The SMILES string of the molecule is Cc1cc(-c2cc3[nH]c(=O)cc(O)n3n2)nc2ccccc12. The van der Waals surface area contributed by atoms with Gasteiger partial charge in [-0.15, -0.1) is 0 Å². The lowest BCUT2D eigenvalue weighted by molar-refractivity contribution is 0.434. The third kappa shape index (κ3) is 1.85. The maximum Gasteiger partial charge on any atom is 0.254 e. The van der Waals surface area contributed by atoms with Gasteiger partial charge in [0.2, 0.25) is 5.88 Å². The molecule has 0 radical (unpaired) electrons. The molecule has 0 aliphatic carbocycles. The van der Waals surface area contributed by atoms with Gasteiger partial charge in [0.1, 0.15) is 11.3 Å². The number of hydrogen-bond donors (Lipinski definition) is 2. The van der Waals surface area contributed by atoms with Crippen molar-refractivity contribution in [1.82, 2.24) is 19.6 Å². The predicted octanol–water partition coefficient (Wildman–Crippen LogP) is 2.25. The largest absolute Gasteiger partial charge is 0.493 e. The zero-order chi connectivity index (χ0) is 15.3. The van der Waals surface area contributed by atoms with E-state index in [9.17, 15) is 9.90 Å². The van der Waals surface area contributed by atoms with E-state index in [4.69, 9.17) is 0 Å². The summed E-state index contributed by atoms with van der Waals surface area (Å²) in [5, 5.41) is 15.2. The number of aromatic hydroxyl groups is 1. The number of rotatable bonds is 1. The molecule has 0 saturated heterocycles. The van der Waals surface area contributed by atoms with Crippen LogP contribution in [0.5, 0.6) is 5.88 Å². The van der Waals surface area contributed by atoms with E-state index in [1.54, 1.807) is 6.07 Å². The molecule has 108 valence electrons. The first kappa shape index (κ1) is 12.6. The summed E-state index contributed by atoms with van der Waals surface area (Å²) in [5.41, 5.74) is 3.31. The summed E-state index contributed by atoms with van der Waals surface area (Å²) in [7, 11) is 0. The van der Waals surface area contributed by atoms with Gasteiger partial charge in [-0.25, -0.2) is 4.98 Å². The first-order valence-corrected chi connectivity index (χ1v) is 6.81. The second kappa shape index (κ2) is 4.42. The fourth-order valence-electron chi connectivity index (χ4n) is 2.59. The second-order valence-electron chi connectivity index (χ2n) is 5.16. The summed E-state index contributed by atoms with van der Waals surface area (Å²) in [6, 6.07) is 12.6. The molecule has 0 fully saturated rings. The molecular weight excluding hydrogens is 280 g/mol. The molecule has 3 aromatic heterocycles. The summed E-state index contributed by atoms with van der Waals surface area (Å²) in [5.74, 6) is -0.206. The molecule has 1 aromatic carbocycles. The Morgan fingerprint density at radius 1 is 1.14 bits per heavy atom. The number of pyridine rings is 1. The third-order valence-electron chi connectivity index (χ3n) is 3.62. The van der Waals surface area contributed by atoms with Crippen molar-refractivity contribution in [1.29, 1.82) is 0 Å². The van der Waals surface area contributed by atoms with Crippen LogP contribution in [0.4, 0.5) is 0 Å². The molecule has 4 aromatic rings. The minimum absolute atomic E-state index is 0.206. The van der Waals surface area contributed by atoms with Gasteiger partial charge in [-0.3, -0.25) is 4.79 Å². The van der Waals surface area contributed by atoms with Crippen LogP contribution in [-0.2, 0) is 0 Å². The monoisotopic (exact) mass is 292 g/mol. The minimum atomic E-state index is -0.376. The van der Waals surface area contributed by atoms with Crippen LogP contribution < -0.4 is 5.56 Å². The number of nitrogens with one attached hydrogen (secondary N) is 1. The molecule has 0 spiro atoms. The molecule has 6 heteroatoms. The van der Waals surface area contributed by atoms with Crippen molar-refractivity contribution in [3.63, 3.8) is 0 Å². The van der Waals surface area contributed by atoms with E-state index in [1.807, 2.05) is 37.3 Å². The Morgan fingerprint density at radius 2 is 1.95 bits per heavy atom. The van der Waals surface area contributed by atoms with E-state index < -0.39 is 0 Å². The van der Waals surface area contributed by atoms with Crippen LogP contribution in [0.15, 0.2) is 47.3 Å². The minimum Gasteiger partial charge on any atom is -0.493 e. The molecule has 0 bridgehead atoms. The number of aromatic amines is 1. The molecule has 0 amide bonds. The van der Waals surface area contributed by atoms with Crippen LogP contribution >= 0.6 is 0 Å². The quantitative estimate of drug-likeness (QED) is 0.563. The standard InChI is InChI=1S/C16H12N4O2/c1-9-6-12(17-11-5-3-2-4-10(9)11)13-7-14-18-15(21)8-16(22)20(14)19-13/h2-8,22H,1H3,(H,18,21). The van der Waals surface area contributed by atoms with E-state index in [2.05, 4.69) is 15.1 Å². The highest BCUT2D eigenvalue weighted by atomic mass is 16.3. The summed E-state index contributed by atoms with van der Waals surface area (Å²) in [6.45, 7) is 2.02. The van der Waals surface area contributed by atoms with Gasteiger partial charge in [0.15, 0.2) is 0 Å². The molecule has 6 nitrogen and oxygen atoms in total. The topological polar surface area (TPSA) is 83.3 Å². The van der Waals surface area contributed by atoms with Gasteiger partial charge in [-0.2, -0.15) is 9.61 Å². The highest BCUT2D eigenvalue weighted by Crippen LogP contribution is 2.24. The Labute approximate surface area is 124 Å². The van der Waals surface area contributed by atoms with Crippen molar-refractivity contribution in [2.24, 2.45) is 0 Å². The van der Waals surface area contributed by atoms with Crippen molar-refractivity contribution in [2.75, 3.05) is 0 Å². The summed E-state index contributed by atoms with van der Waals surface area (Å²) < 4.78 is 1.28. The molecule has 22 heavy (non-hydrogen) atoms. The first-order chi connectivity index (χ1) is 10.6. The van der Waals surface area contributed by atoms with Crippen molar-refractivity contribution < 1.29 is 5.11 Å². The molecule has 2 N–H and O–H groups in total. The number of aryl methyl sites for hydroxylation is 1. The normalized spacial score (nSPS) is 11.3. The lowest BCUT2D eigenvalue weighted by Crippen LogP contribution is -2.06. The van der Waals surface area contributed by atoms with Gasteiger partial charge in [0, 0.05) is 11.5 Å². The smallest absolute Gasteiger partial charge is 0.254 e. The first-order valence-electron chi connectivity index (χ1n) is 6.81. The fourth-order valence-corrected chi connectivity index (χ4v) is 2.59. The number of H-pyrrole nitrogens is 1. The lowest BCUT2D eigenvalue weighted by Gasteiger charge is -2.04. The van der Waals surface area contributed by atoms with E-state index in [1.165, 1.54) is 4.52 Å². The Hall–Kier alpha value is -3.15. The number of aromatic nitrogens is 4. The van der Waals surface area contributed by atoms with Crippen molar-refractivity contribution >= 4 is 16.6 Å². The fraction of sp³-hybridized carbons (Fsp3) is 0.0625. The third-order valence-corrected chi connectivity index (χ3v) is 3.62. The molecule has 4 rings (SSSR count). The second-order valence-corrected chi connectivity index (χ2v) is 5.16. The van der Waals surface area contributed by atoms with Gasteiger partial charge >= 0.3 is 0 Å². The van der Waals surface area contributed by atoms with Gasteiger partial charge in [-0.05, 0) is 24.6 Å². The highest BCUT2D eigenvalue weighted by molar-refractivity contribution is 5.84.